The van der Waals surface area contributed by atoms with Crippen LogP contribution in [0.25, 0.3) is 0 Å². The second kappa shape index (κ2) is 8.18. The molecular weight excluding hydrogens is 260 g/mol. The zero-order valence-corrected chi connectivity index (χ0v) is 12.0. The molecule has 0 unspecified atom stereocenters. The number of ketones is 1. The molecule has 2 aromatic carbocycles. The summed E-state index contributed by atoms with van der Waals surface area (Å²) in [7, 11) is 0. The van der Waals surface area contributed by atoms with Gasteiger partial charge in [0.05, 0.1) is 6.10 Å². The van der Waals surface area contributed by atoms with Gasteiger partial charge in [-0.05, 0) is 23.6 Å². The van der Waals surface area contributed by atoms with Crippen LogP contribution >= 0.6 is 0 Å². The predicted octanol–water partition coefficient (Wildman–Crippen LogP) is 3.35. The Kier molecular flexibility index (Phi) is 5.92. The van der Waals surface area contributed by atoms with Crippen LogP contribution in [-0.2, 0) is 17.6 Å². The molecule has 0 fully saturated rings. The molecule has 0 aliphatic rings. The molecule has 2 nitrogen and oxygen atoms in total. The Morgan fingerprint density at radius 3 is 2.14 bits per heavy atom. The van der Waals surface area contributed by atoms with Crippen molar-refractivity contribution in [2.24, 2.45) is 0 Å². The lowest BCUT2D eigenvalue weighted by Gasteiger charge is -2.05. The van der Waals surface area contributed by atoms with E-state index in [1.54, 1.807) is 6.08 Å². The van der Waals surface area contributed by atoms with Crippen molar-refractivity contribution in [2.45, 2.75) is 25.4 Å². The van der Waals surface area contributed by atoms with Crippen molar-refractivity contribution in [2.75, 3.05) is 0 Å². The Morgan fingerprint density at radius 2 is 1.52 bits per heavy atom. The number of allylic oxidation sites excluding steroid dienone is 1. The Labute approximate surface area is 125 Å². The Balaban J connectivity index is 1.76. The average Bonchev–Trinajstić information content (AvgIpc) is 2.53. The van der Waals surface area contributed by atoms with Crippen LogP contribution in [0.5, 0.6) is 0 Å². The molecule has 0 bridgehead atoms. The predicted molar refractivity (Wildman–Crippen MR) is 85.1 cm³/mol. The van der Waals surface area contributed by atoms with Crippen molar-refractivity contribution in [3.8, 4) is 0 Å². The highest BCUT2D eigenvalue weighted by atomic mass is 16.3. The molecule has 2 aromatic rings. The second-order valence-electron chi connectivity index (χ2n) is 5.07. The second-order valence-corrected chi connectivity index (χ2v) is 5.07. The molecule has 0 radical (unpaired) electrons. The first kappa shape index (κ1) is 15.2. The van der Waals surface area contributed by atoms with Gasteiger partial charge in [0.2, 0.25) is 0 Å². The highest BCUT2D eigenvalue weighted by Crippen LogP contribution is 2.06. The van der Waals surface area contributed by atoms with Crippen LogP contribution in [0.2, 0.25) is 0 Å². The van der Waals surface area contributed by atoms with E-state index in [1.165, 1.54) is 6.08 Å². The number of carbonyl (C=O) groups is 1. The van der Waals surface area contributed by atoms with Crippen LogP contribution in [0.15, 0.2) is 72.8 Å². The highest BCUT2D eigenvalue weighted by Gasteiger charge is 2.03. The van der Waals surface area contributed by atoms with Gasteiger partial charge in [0.25, 0.3) is 0 Å². The lowest BCUT2D eigenvalue weighted by molar-refractivity contribution is -0.114. The molecule has 0 saturated heterocycles. The van der Waals surface area contributed by atoms with Crippen LogP contribution in [0.1, 0.15) is 17.5 Å². The number of aliphatic hydroxyl groups excluding tert-OH is 1. The smallest absolute Gasteiger partial charge is 0.155 e. The number of aliphatic hydroxyl groups is 1. The molecule has 0 aliphatic heterocycles. The molecule has 2 heteroatoms. The summed E-state index contributed by atoms with van der Waals surface area (Å²) in [5.41, 5.74) is 2.22. The van der Waals surface area contributed by atoms with Gasteiger partial charge in [0, 0.05) is 12.8 Å². The van der Waals surface area contributed by atoms with Gasteiger partial charge in [-0.1, -0.05) is 66.7 Å². The first-order valence-corrected chi connectivity index (χ1v) is 7.21. The van der Waals surface area contributed by atoms with Crippen LogP contribution in [0, 0.1) is 0 Å². The first-order valence-electron chi connectivity index (χ1n) is 7.21. The summed E-state index contributed by atoms with van der Waals surface area (Å²) < 4.78 is 0. The molecule has 0 amide bonds. The number of carbonyl (C=O) groups excluding carboxylic acids is 1. The first-order chi connectivity index (χ1) is 10.2. The van der Waals surface area contributed by atoms with E-state index in [-0.39, 0.29) is 5.78 Å². The van der Waals surface area contributed by atoms with E-state index in [0.717, 1.165) is 17.5 Å². The normalized spacial score (nSPS) is 12.4. The summed E-state index contributed by atoms with van der Waals surface area (Å²) in [5, 5.41) is 9.90. The maximum Gasteiger partial charge on any atom is 0.155 e. The van der Waals surface area contributed by atoms with Crippen molar-refractivity contribution in [1.82, 2.24) is 0 Å². The molecule has 1 atom stereocenters. The quantitative estimate of drug-likeness (QED) is 0.790. The number of hydrogen-bond acceptors (Lipinski definition) is 2. The minimum atomic E-state index is -0.618. The summed E-state index contributed by atoms with van der Waals surface area (Å²) in [6.45, 7) is 0. The molecule has 0 spiro atoms. The van der Waals surface area contributed by atoms with Crippen molar-refractivity contribution in [1.29, 1.82) is 0 Å². The summed E-state index contributed by atoms with van der Waals surface area (Å²) >= 11 is 0. The van der Waals surface area contributed by atoms with Gasteiger partial charge in [-0.3, -0.25) is 4.79 Å². The van der Waals surface area contributed by atoms with E-state index < -0.39 is 6.10 Å². The maximum atomic E-state index is 11.8. The van der Waals surface area contributed by atoms with Crippen LogP contribution < -0.4 is 0 Å². The molecule has 2 rings (SSSR count). The average molecular weight is 280 g/mol. The fraction of sp³-hybridized carbons (Fsp3) is 0.211. The van der Waals surface area contributed by atoms with E-state index >= 15 is 0 Å². The van der Waals surface area contributed by atoms with Gasteiger partial charge >= 0.3 is 0 Å². The van der Waals surface area contributed by atoms with Crippen LogP contribution in [0.4, 0.5) is 0 Å². The Bertz CT molecular complexity index is 573. The molecule has 0 saturated carbocycles. The fourth-order valence-corrected chi connectivity index (χ4v) is 2.14. The lowest BCUT2D eigenvalue weighted by atomic mass is 10.1. The molecule has 0 heterocycles. The fourth-order valence-electron chi connectivity index (χ4n) is 2.14. The third-order valence-corrected chi connectivity index (χ3v) is 3.29. The van der Waals surface area contributed by atoms with Gasteiger partial charge in [-0.25, -0.2) is 0 Å². The third-order valence-electron chi connectivity index (χ3n) is 3.29. The summed E-state index contributed by atoms with van der Waals surface area (Å²) in [6, 6.07) is 19.7. The third kappa shape index (κ3) is 5.76. The Hall–Kier alpha value is -2.19. The largest absolute Gasteiger partial charge is 0.389 e. The van der Waals surface area contributed by atoms with Crippen molar-refractivity contribution < 1.29 is 9.90 Å². The summed E-state index contributed by atoms with van der Waals surface area (Å²) in [4.78, 5) is 11.8. The molecule has 21 heavy (non-hydrogen) atoms. The topological polar surface area (TPSA) is 37.3 Å². The van der Waals surface area contributed by atoms with Gasteiger partial charge in [0.15, 0.2) is 5.78 Å². The minimum absolute atomic E-state index is 0.0472. The Morgan fingerprint density at radius 1 is 0.952 bits per heavy atom. The van der Waals surface area contributed by atoms with E-state index in [9.17, 15) is 9.90 Å². The standard InChI is InChI=1S/C19H20O2/c20-18(12-11-16-7-3-1-4-8-16)13-14-19(21)15-17-9-5-2-6-10-17/h1-10,13-14,19,21H,11-12,15H2/b14-13+/t19-/m0/s1. The molecule has 108 valence electrons. The van der Waals surface area contributed by atoms with Gasteiger partial charge in [-0.15, -0.1) is 0 Å². The van der Waals surface area contributed by atoms with Crippen LogP contribution in [0.3, 0.4) is 0 Å². The summed E-state index contributed by atoms with van der Waals surface area (Å²) in [6.07, 6.45) is 4.20. The zero-order chi connectivity index (χ0) is 14.9. The number of hydrogen-bond donors (Lipinski definition) is 1. The lowest BCUT2D eigenvalue weighted by Crippen LogP contribution is -2.07. The van der Waals surface area contributed by atoms with E-state index in [1.807, 2.05) is 60.7 Å². The monoisotopic (exact) mass is 280 g/mol. The van der Waals surface area contributed by atoms with Crippen molar-refractivity contribution in [3.05, 3.63) is 83.9 Å². The van der Waals surface area contributed by atoms with E-state index in [2.05, 4.69) is 0 Å². The number of benzene rings is 2. The molecule has 0 aromatic heterocycles. The van der Waals surface area contributed by atoms with Crippen molar-refractivity contribution in [3.63, 3.8) is 0 Å². The van der Waals surface area contributed by atoms with E-state index in [4.69, 9.17) is 0 Å². The minimum Gasteiger partial charge on any atom is -0.389 e. The number of rotatable bonds is 7. The van der Waals surface area contributed by atoms with Crippen molar-refractivity contribution >= 4 is 5.78 Å². The number of aryl methyl sites for hydroxylation is 1. The highest BCUT2D eigenvalue weighted by molar-refractivity contribution is 5.89. The molecule has 1 N–H and O–H groups in total. The van der Waals surface area contributed by atoms with Gasteiger partial charge in [0.1, 0.15) is 0 Å². The van der Waals surface area contributed by atoms with E-state index in [0.29, 0.717) is 12.8 Å². The molecule has 0 aliphatic carbocycles. The van der Waals surface area contributed by atoms with Gasteiger partial charge in [-0.2, -0.15) is 0 Å². The van der Waals surface area contributed by atoms with Crippen LogP contribution in [-0.4, -0.2) is 17.0 Å². The molecular formula is C19H20O2. The zero-order valence-electron chi connectivity index (χ0n) is 12.0. The SMILES string of the molecule is O=C(/C=C/[C@H](O)Cc1ccccc1)CCc1ccccc1. The summed E-state index contributed by atoms with van der Waals surface area (Å²) in [5.74, 6) is 0.0472. The van der Waals surface area contributed by atoms with Gasteiger partial charge < -0.3 is 5.11 Å². The maximum absolute atomic E-state index is 11.8.